The molecule has 0 aromatic carbocycles. The van der Waals surface area contributed by atoms with Crippen molar-refractivity contribution in [3.05, 3.63) is 12.2 Å². The molecule has 0 saturated carbocycles. The minimum atomic E-state index is -1.28. The highest BCUT2D eigenvalue weighted by Crippen LogP contribution is 1.86. The van der Waals surface area contributed by atoms with Crippen LogP contribution in [0.25, 0.3) is 0 Å². The summed E-state index contributed by atoms with van der Waals surface area (Å²) in [5, 5.41) is 8.18. The third kappa shape index (κ3) is 8.70. The van der Waals surface area contributed by atoms with Crippen LogP contribution in [0, 0.1) is 0 Å². The van der Waals surface area contributed by atoms with Gasteiger partial charge in [-0.2, -0.15) is 0 Å². The molecule has 0 radical (unpaired) electrons. The van der Waals surface area contributed by atoms with Crippen LogP contribution in [0.15, 0.2) is 12.2 Å². The van der Waals surface area contributed by atoms with Gasteiger partial charge in [-0.1, -0.05) is 0 Å². The summed E-state index contributed by atoms with van der Waals surface area (Å²) in [5.74, 6) is -2.93. The minimum absolute atomic E-state index is 0.0673. The van der Waals surface area contributed by atoms with E-state index in [9.17, 15) is 14.4 Å². The Morgan fingerprint density at radius 3 is 2.38 bits per heavy atom. The standard InChI is InChI=1S/C9H12O7/c1-14-4-5-15-9(13)6-16-8(12)3-2-7(10)11/h2-3H,4-6H2,1H3,(H,10,11)/b3-2+. The van der Waals surface area contributed by atoms with E-state index in [1.54, 1.807) is 0 Å². The first kappa shape index (κ1) is 14.1. The summed E-state index contributed by atoms with van der Waals surface area (Å²) < 4.78 is 13.6. The Bertz CT molecular complexity index is 282. The Labute approximate surface area is 91.6 Å². The topological polar surface area (TPSA) is 99.1 Å². The number of methoxy groups -OCH3 is 1. The molecule has 0 heterocycles. The zero-order valence-electron chi connectivity index (χ0n) is 8.67. The molecule has 0 aromatic heterocycles. The second kappa shape index (κ2) is 8.42. The van der Waals surface area contributed by atoms with Crippen LogP contribution < -0.4 is 0 Å². The first-order valence-corrected chi connectivity index (χ1v) is 4.28. The zero-order valence-corrected chi connectivity index (χ0v) is 8.67. The lowest BCUT2D eigenvalue weighted by molar-refractivity contribution is -0.157. The maximum absolute atomic E-state index is 10.9. The van der Waals surface area contributed by atoms with Gasteiger partial charge < -0.3 is 19.3 Å². The van der Waals surface area contributed by atoms with Crippen molar-refractivity contribution in [2.45, 2.75) is 0 Å². The smallest absolute Gasteiger partial charge is 0.344 e. The molecule has 0 aromatic rings. The summed E-state index contributed by atoms with van der Waals surface area (Å²) in [6.45, 7) is -0.247. The Morgan fingerprint density at radius 1 is 1.12 bits per heavy atom. The van der Waals surface area contributed by atoms with E-state index < -0.39 is 24.5 Å². The van der Waals surface area contributed by atoms with Crippen LogP contribution in [-0.4, -0.2) is 49.9 Å². The zero-order chi connectivity index (χ0) is 12.4. The molecule has 90 valence electrons. The molecule has 7 nitrogen and oxygen atoms in total. The van der Waals surface area contributed by atoms with Gasteiger partial charge in [0.2, 0.25) is 0 Å². The van der Waals surface area contributed by atoms with Gasteiger partial charge in [-0.15, -0.1) is 0 Å². The van der Waals surface area contributed by atoms with Crippen LogP contribution in [0.4, 0.5) is 0 Å². The highest BCUT2D eigenvalue weighted by Gasteiger charge is 2.06. The Kier molecular flexibility index (Phi) is 7.43. The van der Waals surface area contributed by atoms with Gasteiger partial charge in [-0.05, 0) is 0 Å². The van der Waals surface area contributed by atoms with Crippen LogP contribution in [0.3, 0.4) is 0 Å². The maximum atomic E-state index is 10.9. The van der Waals surface area contributed by atoms with E-state index in [2.05, 4.69) is 14.2 Å². The predicted octanol–water partition coefficient (Wildman–Crippen LogP) is -0.640. The number of hydrogen-bond donors (Lipinski definition) is 1. The van der Waals surface area contributed by atoms with E-state index in [4.69, 9.17) is 5.11 Å². The van der Waals surface area contributed by atoms with Crippen molar-refractivity contribution < 1.29 is 33.7 Å². The fourth-order valence-corrected chi connectivity index (χ4v) is 0.598. The molecule has 0 aliphatic rings. The van der Waals surface area contributed by atoms with Gasteiger partial charge in [0.25, 0.3) is 0 Å². The monoisotopic (exact) mass is 232 g/mol. The van der Waals surface area contributed by atoms with Crippen LogP contribution in [0.2, 0.25) is 0 Å². The number of carboxylic acids is 1. The molecular weight excluding hydrogens is 220 g/mol. The molecule has 1 N–H and O–H groups in total. The molecule has 0 fully saturated rings. The van der Waals surface area contributed by atoms with E-state index in [0.29, 0.717) is 12.2 Å². The average Bonchev–Trinajstić information content (AvgIpc) is 2.24. The van der Waals surface area contributed by atoms with Crippen molar-refractivity contribution in [1.29, 1.82) is 0 Å². The van der Waals surface area contributed by atoms with Crippen molar-refractivity contribution in [2.75, 3.05) is 26.9 Å². The second-order valence-electron chi connectivity index (χ2n) is 2.49. The first-order valence-electron chi connectivity index (χ1n) is 4.28. The van der Waals surface area contributed by atoms with Crippen LogP contribution >= 0.6 is 0 Å². The number of ether oxygens (including phenoxy) is 3. The number of carbonyl (C=O) groups excluding carboxylic acids is 2. The van der Waals surface area contributed by atoms with E-state index in [1.807, 2.05) is 0 Å². The first-order chi connectivity index (χ1) is 7.56. The molecule has 0 saturated heterocycles. The summed E-state index contributed by atoms with van der Waals surface area (Å²) >= 11 is 0. The van der Waals surface area contributed by atoms with Gasteiger partial charge in [-0.3, -0.25) is 0 Å². The average molecular weight is 232 g/mol. The number of aliphatic carboxylic acids is 1. The van der Waals surface area contributed by atoms with Crippen molar-refractivity contribution in [2.24, 2.45) is 0 Å². The van der Waals surface area contributed by atoms with Gasteiger partial charge in [0.15, 0.2) is 6.61 Å². The highest BCUT2D eigenvalue weighted by molar-refractivity contribution is 5.91. The third-order valence-corrected chi connectivity index (χ3v) is 1.24. The van der Waals surface area contributed by atoms with Crippen molar-refractivity contribution >= 4 is 17.9 Å². The highest BCUT2D eigenvalue weighted by atomic mass is 16.6. The van der Waals surface area contributed by atoms with E-state index in [0.717, 1.165) is 0 Å². The number of esters is 2. The molecule has 0 aliphatic carbocycles. The molecule has 7 heteroatoms. The van der Waals surface area contributed by atoms with Crippen molar-refractivity contribution in [1.82, 2.24) is 0 Å². The van der Waals surface area contributed by atoms with Gasteiger partial charge in [0, 0.05) is 19.3 Å². The summed E-state index contributed by atoms with van der Waals surface area (Å²) in [4.78, 5) is 31.7. The van der Waals surface area contributed by atoms with Crippen molar-refractivity contribution in [3.8, 4) is 0 Å². The minimum Gasteiger partial charge on any atom is -0.478 e. The Hall–Kier alpha value is -1.89. The molecule has 16 heavy (non-hydrogen) atoms. The summed E-state index contributed by atoms with van der Waals surface area (Å²) in [5.41, 5.74) is 0. The maximum Gasteiger partial charge on any atom is 0.344 e. The van der Waals surface area contributed by atoms with Gasteiger partial charge >= 0.3 is 17.9 Å². The largest absolute Gasteiger partial charge is 0.478 e. The summed E-state index contributed by atoms with van der Waals surface area (Å²) in [6, 6.07) is 0. The van der Waals surface area contributed by atoms with Crippen LogP contribution in [0.1, 0.15) is 0 Å². The fourth-order valence-electron chi connectivity index (χ4n) is 0.598. The summed E-state index contributed by atoms with van der Waals surface area (Å²) in [7, 11) is 1.45. The van der Waals surface area contributed by atoms with Crippen LogP contribution in [-0.2, 0) is 28.6 Å². The quantitative estimate of drug-likeness (QED) is 0.354. The number of rotatable bonds is 7. The van der Waals surface area contributed by atoms with Gasteiger partial charge in [-0.25, -0.2) is 14.4 Å². The fraction of sp³-hybridized carbons (Fsp3) is 0.444. The Balaban J connectivity index is 3.67. The lowest BCUT2D eigenvalue weighted by atomic mass is 10.5. The van der Waals surface area contributed by atoms with E-state index in [-0.39, 0.29) is 13.2 Å². The summed E-state index contributed by atoms with van der Waals surface area (Å²) in [6.07, 6.45) is 1.31. The SMILES string of the molecule is COCCOC(=O)COC(=O)/C=C/C(=O)O. The molecule has 0 unspecified atom stereocenters. The van der Waals surface area contributed by atoms with Gasteiger partial charge in [0.05, 0.1) is 6.61 Å². The van der Waals surface area contributed by atoms with E-state index in [1.165, 1.54) is 7.11 Å². The number of carboxylic acid groups (broad SMARTS) is 1. The lowest BCUT2D eigenvalue weighted by Gasteiger charge is -2.03. The molecule has 0 bridgehead atoms. The second-order valence-corrected chi connectivity index (χ2v) is 2.49. The Morgan fingerprint density at radius 2 is 1.81 bits per heavy atom. The number of hydrogen-bond acceptors (Lipinski definition) is 6. The molecule has 0 rings (SSSR count). The lowest BCUT2D eigenvalue weighted by Crippen LogP contribution is -2.17. The van der Waals surface area contributed by atoms with Crippen molar-refractivity contribution in [3.63, 3.8) is 0 Å². The molecular formula is C9H12O7. The molecule has 0 spiro atoms. The molecule has 0 atom stereocenters. The molecule has 0 aliphatic heterocycles. The van der Waals surface area contributed by atoms with Gasteiger partial charge in [0.1, 0.15) is 6.61 Å². The normalized spacial score (nSPS) is 10.1. The number of carbonyl (C=O) groups is 3. The third-order valence-electron chi connectivity index (χ3n) is 1.24. The van der Waals surface area contributed by atoms with Crippen LogP contribution in [0.5, 0.6) is 0 Å². The molecule has 0 amide bonds. The predicted molar refractivity (Wildman–Crippen MR) is 50.6 cm³/mol. The van der Waals surface area contributed by atoms with E-state index >= 15 is 0 Å².